The van der Waals surface area contributed by atoms with E-state index >= 15 is 0 Å². The predicted molar refractivity (Wildman–Crippen MR) is 78.3 cm³/mol. The van der Waals surface area contributed by atoms with Crippen LogP contribution in [0.5, 0.6) is 5.75 Å². The van der Waals surface area contributed by atoms with Gasteiger partial charge in [-0.1, -0.05) is 42.5 Å². The number of amides is 1. The first-order valence-electron chi connectivity index (χ1n) is 6.67. The molecule has 1 heterocycles. The summed E-state index contributed by atoms with van der Waals surface area (Å²) in [7, 11) is -0.946. The Morgan fingerprint density at radius 1 is 1.19 bits per heavy atom. The highest BCUT2D eigenvalue weighted by Gasteiger charge is 2.34. The predicted octanol–water partition coefficient (Wildman–Crippen LogP) is 1.23. The van der Waals surface area contributed by atoms with E-state index in [1.807, 2.05) is 30.3 Å². The van der Waals surface area contributed by atoms with E-state index in [1.54, 1.807) is 24.3 Å². The maximum absolute atomic E-state index is 11.7. The maximum atomic E-state index is 11.7. The normalized spacial score (nSPS) is 16.4. The van der Waals surface area contributed by atoms with Crippen LogP contribution in [0.4, 0.5) is 4.79 Å². The molecule has 3 rings (SSSR count). The third-order valence-corrected chi connectivity index (χ3v) is 3.29. The summed E-state index contributed by atoms with van der Waals surface area (Å²) in [5.41, 5.74) is 1.62. The van der Waals surface area contributed by atoms with Crippen molar-refractivity contribution < 1.29 is 19.2 Å². The summed E-state index contributed by atoms with van der Waals surface area (Å²) in [5, 5.41) is 12.4. The van der Waals surface area contributed by atoms with Gasteiger partial charge in [0, 0.05) is 6.54 Å². The molecule has 1 amide bonds. The van der Waals surface area contributed by atoms with Crippen LogP contribution in [0.3, 0.4) is 0 Å². The molecular formula is C15H14BNO4. The van der Waals surface area contributed by atoms with Gasteiger partial charge in [-0.05, 0) is 23.2 Å². The number of rotatable bonds is 3. The van der Waals surface area contributed by atoms with Crippen molar-refractivity contribution in [1.82, 2.24) is 5.32 Å². The average Bonchev–Trinajstić information content (AvgIpc) is 2.83. The molecule has 2 aromatic carbocycles. The first kappa shape index (κ1) is 13.7. The van der Waals surface area contributed by atoms with E-state index in [2.05, 4.69) is 5.32 Å². The number of ether oxygens (including phenoxy) is 1. The molecule has 0 saturated carbocycles. The topological polar surface area (TPSA) is 67.8 Å². The van der Waals surface area contributed by atoms with Gasteiger partial charge in [0.2, 0.25) is 0 Å². The Labute approximate surface area is 122 Å². The standard InChI is InChI=1S/C15H14BNO4/c18-15(20-11-6-2-1-3-7-11)17-10-14-12-8-4-5-9-13(12)16(19)21-14/h1-9,14,19H,10H2,(H,17,18). The van der Waals surface area contributed by atoms with Crippen molar-refractivity contribution >= 4 is 18.7 Å². The van der Waals surface area contributed by atoms with E-state index in [-0.39, 0.29) is 12.6 Å². The van der Waals surface area contributed by atoms with Gasteiger partial charge in [-0.25, -0.2) is 4.79 Å². The van der Waals surface area contributed by atoms with Crippen LogP contribution in [0.15, 0.2) is 54.6 Å². The lowest BCUT2D eigenvalue weighted by Gasteiger charge is -2.13. The Morgan fingerprint density at radius 3 is 2.71 bits per heavy atom. The second-order valence-corrected chi connectivity index (χ2v) is 4.69. The minimum absolute atomic E-state index is 0.236. The zero-order valence-electron chi connectivity index (χ0n) is 11.2. The second-order valence-electron chi connectivity index (χ2n) is 4.69. The number of para-hydroxylation sites is 1. The van der Waals surface area contributed by atoms with Gasteiger partial charge in [0.25, 0.3) is 0 Å². The molecule has 1 unspecified atom stereocenters. The molecule has 2 N–H and O–H groups in total. The Kier molecular flexibility index (Phi) is 3.90. The largest absolute Gasteiger partial charge is 0.492 e. The first-order valence-corrected chi connectivity index (χ1v) is 6.67. The molecule has 106 valence electrons. The van der Waals surface area contributed by atoms with E-state index < -0.39 is 13.2 Å². The van der Waals surface area contributed by atoms with Crippen LogP contribution >= 0.6 is 0 Å². The Hall–Kier alpha value is -2.31. The molecule has 2 aromatic rings. The fourth-order valence-electron chi connectivity index (χ4n) is 2.30. The van der Waals surface area contributed by atoms with Crippen LogP contribution in [0.25, 0.3) is 0 Å². The second kappa shape index (κ2) is 5.99. The molecule has 21 heavy (non-hydrogen) atoms. The SMILES string of the molecule is O=C(NCC1OB(O)c2ccccc21)Oc1ccccc1. The van der Waals surface area contributed by atoms with Gasteiger partial charge in [0.15, 0.2) is 0 Å². The van der Waals surface area contributed by atoms with Crippen molar-refractivity contribution in [2.24, 2.45) is 0 Å². The highest BCUT2D eigenvalue weighted by Crippen LogP contribution is 2.22. The number of nitrogens with one attached hydrogen (secondary N) is 1. The molecule has 5 nitrogen and oxygen atoms in total. The lowest BCUT2D eigenvalue weighted by Crippen LogP contribution is -2.31. The zero-order chi connectivity index (χ0) is 14.7. The van der Waals surface area contributed by atoms with Gasteiger partial charge in [-0.2, -0.15) is 0 Å². The molecule has 6 heteroatoms. The van der Waals surface area contributed by atoms with Crippen LogP contribution < -0.4 is 15.5 Å². The van der Waals surface area contributed by atoms with E-state index in [0.29, 0.717) is 5.75 Å². The number of fused-ring (bicyclic) bond motifs is 1. The lowest BCUT2D eigenvalue weighted by molar-refractivity contribution is 0.170. The summed E-state index contributed by atoms with van der Waals surface area (Å²) in [5.74, 6) is 0.475. The summed E-state index contributed by atoms with van der Waals surface area (Å²) >= 11 is 0. The number of carbonyl (C=O) groups is 1. The van der Waals surface area contributed by atoms with Crippen LogP contribution in [0.1, 0.15) is 11.7 Å². The molecule has 0 fully saturated rings. The number of hydrogen-bond acceptors (Lipinski definition) is 4. The molecule has 0 aromatic heterocycles. The number of hydrogen-bond donors (Lipinski definition) is 2. The van der Waals surface area contributed by atoms with Crippen LogP contribution in [0.2, 0.25) is 0 Å². The minimum atomic E-state index is -0.946. The molecular weight excluding hydrogens is 269 g/mol. The molecule has 1 aliphatic rings. The van der Waals surface area contributed by atoms with Crippen molar-refractivity contribution in [3.8, 4) is 5.75 Å². The van der Waals surface area contributed by atoms with Crippen molar-refractivity contribution in [3.05, 3.63) is 60.2 Å². The van der Waals surface area contributed by atoms with Crippen molar-refractivity contribution in [3.63, 3.8) is 0 Å². The van der Waals surface area contributed by atoms with Crippen molar-refractivity contribution in [2.45, 2.75) is 6.10 Å². The van der Waals surface area contributed by atoms with Crippen LogP contribution in [-0.2, 0) is 4.65 Å². The molecule has 0 radical (unpaired) electrons. The molecule has 0 aliphatic carbocycles. The van der Waals surface area contributed by atoms with Gasteiger partial charge in [-0.3, -0.25) is 0 Å². The van der Waals surface area contributed by atoms with Gasteiger partial charge in [0.1, 0.15) is 5.75 Å². The summed E-state index contributed by atoms with van der Waals surface area (Å²) in [6.45, 7) is 0.236. The summed E-state index contributed by atoms with van der Waals surface area (Å²) in [6.07, 6.45) is -0.928. The van der Waals surface area contributed by atoms with Crippen molar-refractivity contribution in [1.29, 1.82) is 0 Å². The molecule has 1 aliphatic heterocycles. The Bertz CT molecular complexity index is 635. The summed E-state index contributed by atoms with van der Waals surface area (Å²) < 4.78 is 10.5. The quantitative estimate of drug-likeness (QED) is 0.831. The zero-order valence-corrected chi connectivity index (χ0v) is 11.2. The molecule has 1 atom stereocenters. The van der Waals surface area contributed by atoms with E-state index in [4.69, 9.17) is 9.39 Å². The van der Waals surface area contributed by atoms with Gasteiger partial charge in [-0.15, -0.1) is 0 Å². The fraction of sp³-hybridized carbons (Fsp3) is 0.133. The van der Waals surface area contributed by atoms with Crippen LogP contribution in [0, 0.1) is 0 Å². The highest BCUT2D eigenvalue weighted by atomic mass is 16.6. The van der Waals surface area contributed by atoms with Gasteiger partial charge in [0.05, 0.1) is 6.10 Å². The maximum Gasteiger partial charge on any atom is 0.492 e. The number of carbonyl (C=O) groups excluding carboxylic acids is 1. The third-order valence-electron chi connectivity index (χ3n) is 3.29. The molecule has 0 bridgehead atoms. The average molecular weight is 283 g/mol. The fourth-order valence-corrected chi connectivity index (χ4v) is 2.30. The monoisotopic (exact) mass is 283 g/mol. The Balaban J connectivity index is 1.58. The van der Waals surface area contributed by atoms with E-state index in [9.17, 15) is 9.82 Å². The Morgan fingerprint density at radius 2 is 1.90 bits per heavy atom. The minimum Gasteiger partial charge on any atom is -0.423 e. The summed E-state index contributed by atoms with van der Waals surface area (Å²) in [4.78, 5) is 11.7. The smallest absolute Gasteiger partial charge is 0.423 e. The van der Waals surface area contributed by atoms with Crippen LogP contribution in [-0.4, -0.2) is 24.8 Å². The van der Waals surface area contributed by atoms with E-state index in [1.165, 1.54) is 0 Å². The first-order chi connectivity index (χ1) is 10.2. The lowest BCUT2D eigenvalue weighted by atomic mass is 9.79. The third kappa shape index (κ3) is 3.07. The van der Waals surface area contributed by atoms with Gasteiger partial charge < -0.3 is 19.7 Å². The van der Waals surface area contributed by atoms with Gasteiger partial charge >= 0.3 is 13.2 Å². The molecule has 0 saturated heterocycles. The van der Waals surface area contributed by atoms with E-state index in [0.717, 1.165) is 11.0 Å². The summed E-state index contributed by atoms with van der Waals surface area (Å²) in [6, 6.07) is 16.2. The molecule has 0 spiro atoms. The van der Waals surface area contributed by atoms with Crippen molar-refractivity contribution in [2.75, 3.05) is 6.54 Å². The number of benzene rings is 2. The highest BCUT2D eigenvalue weighted by molar-refractivity contribution is 6.61.